The molecule has 136 valence electrons. The molecule has 0 aliphatic carbocycles. The van der Waals surface area contributed by atoms with Crippen molar-refractivity contribution in [2.75, 3.05) is 6.54 Å². The van der Waals surface area contributed by atoms with Crippen molar-refractivity contribution in [1.82, 2.24) is 20.4 Å². The molecule has 1 aromatic carbocycles. The third kappa shape index (κ3) is 5.32. The lowest BCUT2D eigenvalue weighted by molar-refractivity contribution is 0.154. The van der Waals surface area contributed by atoms with Crippen LogP contribution in [0.3, 0.4) is 0 Å². The van der Waals surface area contributed by atoms with E-state index in [4.69, 9.17) is 0 Å². The topological polar surface area (TPSA) is 79.2 Å². The second-order valence-electron chi connectivity index (χ2n) is 6.49. The zero-order valence-electron chi connectivity index (χ0n) is 15.4. The van der Waals surface area contributed by atoms with Gasteiger partial charge in [0.25, 0.3) is 0 Å². The maximum atomic E-state index is 12.0. The first kappa shape index (κ1) is 19.0. The fraction of sp³-hybridized carbons (Fsp3) is 0.474. The SMILES string of the molecule is Cc1nn(C)c(C)c1CCNC(=O)NC(C)CC(O)c1ccccc1. The van der Waals surface area contributed by atoms with E-state index in [1.54, 1.807) is 0 Å². The summed E-state index contributed by atoms with van der Waals surface area (Å²) in [5, 5.41) is 20.3. The highest BCUT2D eigenvalue weighted by atomic mass is 16.3. The number of nitrogens with zero attached hydrogens (tertiary/aromatic N) is 2. The van der Waals surface area contributed by atoms with Crippen LogP contribution in [0.5, 0.6) is 0 Å². The van der Waals surface area contributed by atoms with Gasteiger partial charge in [0.05, 0.1) is 11.8 Å². The van der Waals surface area contributed by atoms with Crippen molar-refractivity contribution >= 4 is 6.03 Å². The second kappa shape index (κ2) is 8.67. The van der Waals surface area contributed by atoms with E-state index in [0.717, 1.165) is 23.4 Å². The summed E-state index contributed by atoms with van der Waals surface area (Å²) in [5.41, 5.74) is 4.16. The largest absolute Gasteiger partial charge is 0.388 e. The minimum Gasteiger partial charge on any atom is -0.388 e. The number of rotatable bonds is 7. The smallest absolute Gasteiger partial charge is 0.315 e. The van der Waals surface area contributed by atoms with Gasteiger partial charge in [0.15, 0.2) is 0 Å². The number of hydrogen-bond donors (Lipinski definition) is 3. The van der Waals surface area contributed by atoms with Gasteiger partial charge in [-0.15, -0.1) is 0 Å². The molecule has 2 rings (SSSR count). The van der Waals surface area contributed by atoms with Crippen LogP contribution in [0.15, 0.2) is 30.3 Å². The first-order chi connectivity index (χ1) is 11.9. The molecule has 1 heterocycles. The Kier molecular flexibility index (Phi) is 6.58. The quantitative estimate of drug-likeness (QED) is 0.721. The molecule has 2 aromatic rings. The minimum absolute atomic E-state index is 0.128. The molecule has 2 amide bonds. The summed E-state index contributed by atoms with van der Waals surface area (Å²) < 4.78 is 1.86. The summed E-state index contributed by atoms with van der Waals surface area (Å²) in [6.45, 7) is 6.45. The van der Waals surface area contributed by atoms with Crippen molar-refractivity contribution in [2.24, 2.45) is 7.05 Å². The van der Waals surface area contributed by atoms with Gasteiger partial charge in [-0.05, 0) is 44.7 Å². The Bertz CT molecular complexity index is 697. The summed E-state index contributed by atoms with van der Waals surface area (Å²) >= 11 is 0. The number of benzene rings is 1. The van der Waals surface area contributed by atoms with Gasteiger partial charge in [-0.3, -0.25) is 4.68 Å². The molecular formula is C19H28N4O2. The number of aromatic nitrogens is 2. The van der Waals surface area contributed by atoms with Crippen molar-refractivity contribution < 1.29 is 9.90 Å². The number of urea groups is 1. The number of carbonyl (C=O) groups excluding carboxylic acids is 1. The van der Waals surface area contributed by atoms with E-state index in [0.29, 0.717) is 13.0 Å². The minimum atomic E-state index is -0.586. The number of hydrogen-bond acceptors (Lipinski definition) is 3. The van der Waals surface area contributed by atoms with Crippen LogP contribution in [0.25, 0.3) is 0 Å². The van der Waals surface area contributed by atoms with Gasteiger partial charge >= 0.3 is 6.03 Å². The number of aliphatic hydroxyl groups is 1. The highest BCUT2D eigenvalue weighted by molar-refractivity contribution is 5.74. The number of aryl methyl sites for hydroxylation is 2. The van der Waals surface area contributed by atoms with Crippen LogP contribution < -0.4 is 10.6 Å². The molecule has 2 unspecified atom stereocenters. The Balaban J connectivity index is 1.74. The predicted octanol–water partition coefficient (Wildman–Crippen LogP) is 2.39. The third-order valence-electron chi connectivity index (χ3n) is 4.46. The first-order valence-electron chi connectivity index (χ1n) is 8.65. The van der Waals surface area contributed by atoms with E-state index < -0.39 is 6.10 Å². The number of amides is 2. The van der Waals surface area contributed by atoms with Crippen molar-refractivity contribution in [2.45, 2.75) is 45.8 Å². The van der Waals surface area contributed by atoms with Crippen LogP contribution in [-0.4, -0.2) is 33.5 Å². The van der Waals surface area contributed by atoms with E-state index in [2.05, 4.69) is 15.7 Å². The van der Waals surface area contributed by atoms with Crippen LogP contribution >= 0.6 is 0 Å². The van der Waals surface area contributed by atoms with Crippen molar-refractivity contribution in [3.05, 3.63) is 52.8 Å². The molecule has 0 saturated heterocycles. The molecule has 6 nitrogen and oxygen atoms in total. The lowest BCUT2D eigenvalue weighted by Gasteiger charge is -2.18. The van der Waals surface area contributed by atoms with Crippen molar-refractivity contribution in [3.8, 4) is 0 Å². The summed E-state index contributed by atoms with van der Waals surface area (Å²) in [6.07, 6.45) is 0.635. The van der Waals surface area contributed by atoms with E-state index in [9.17, 15) is 9.90 Å². The van der Waals surface area contributed by atoms with Gasteiger partial charge < -0.3 is 15.7 Å². The fourth-order valence-corrected chi connectivity index (χ4v) is 2.96. The Morgan fingerprint density at radius 2 is 1.96 bits per heavy atom. The Morgan fingerprint density at radius 1 is 1.28 bits per heavy atom. The van der Waals surface area contributed by atoms with Gasteiger partial charge in [-0.1, -0.05) is 30.3 Å². The highest BCUT2D eigenvalue weighted by Crippen LogP contribution is 2.17. The molecule has 0 spiro atoms. The number of aliphatic hydroxyl groups excluding tert-OH is 1. The second-order valence-corrected chi connectivity index (χ2v) is 6.49. The molecule has 0 aliphatic heterocycles. The summed E-state index contributed by atoms with van der Waals surface area (Å²) in [5.74, 6) is 0. The van der Waals surface area contributed by atoms with Crippen LogP contribution in [-0.2, 0) is 13.5 Å². The van der Waals surface area contributed by atoms with Crippen LogP contribution in [0.1, 0.15) is 42.0 Å². The molecule has 0 bridgehead atoms. The van der Waals surface area contributed by atoms with Gasteiger partial charge in [0.1, 0.15) is 0 Å². The summed E-state index contributed by atoms with van der Waals surface area (Å²) in [4.78, 5) is 12.0. The van der Waals surface area contributed by atoms with Gasteiger partial charge in [0.2, 0.25) is 0 Å². The molecule has 6 heteroatoms. The van der Waals surface area contributed by atoms with Crippen LogP contribution in [0.4, 0.5) is 4.79 Å². The molecule has 3 N–H and O–H groups in total. The lowest BCUT2D eigenvalue weighted by Crippen LogP contribution is -2.42. The van der Waals surface area contributed by atoms with Crippen molar-refractivity contribution in [1.29, 1.82) is 0 Å². The summed E-state index contributed by atoms with van der Waals surface area (Å²) in [7, 11) is 1.92. The molecule has 25 heavy (non-hydrogen) atoms. The third-order valence-corrected chi connectivity index (χ3v) is 4.46. The summed E-state index contributed by atoms with van der Waals surface area (Å²) in [6, 6.07) is 9.13. The molecule has 0 fully saturated rings. The van der Waals surface area contributed by atoms with Crippen LogP contribution in [0, 0.1) is 13.8 Å². The molecule has 1 aromatic heterocycles. The maximum absolute atomic E-state index is 12.0. The molecule has 2 atom stereocenters. The normalized spacial score (nSPS) is 13.3. The number of nitrogens with one attached hydrogen (secondary N) is 2. The van der Waals surface area contributed by atoms with E-state index >= 15 is 0 Å². The molecule has 0 radical (unpaired) electrons. The lowest BCUT2D eigenvalue weighted by atomic mass is 10.0. The highest BCUT2D eigenvalue weighted by Gasteiger charge is 2.14. The van der Waals surface area contributed by atoms with Gasteiger partial charge in [0, 0.05) is 25.3 Å². The first-order valence-corrected chi connectivity index (χ1v) is 8.65. The van der Waals surface area contributed by atoms with Gasteiger partial charge in [-0.25, -0.2) is 4.79 Å². The zero-order chi connectivity index (χ0) is 18.4. The molecule has 0 aliphatic rings. The monoisotopic (exact) mass is 344 g/mol. The van der Waals surface area contributed by atoms with E-state index in [1.165, 1.54) is 5.56 Å². The molecule has 0 saturated carbocycles. The van der Waals surface area contributed by atoms with E-state index in [-0.39, 0.29) is 12.1 Å². The van der Waals surface area contributed by atoms with Crippen molar-refractivity contribution in [3.63, 3.8) is 0 Å². The average molecular weight is 344 g/mol. The Morgan fingerprint density at radius 3 is 2.56 bits per heavy atom. The zero-order valence-corrected chi connectivity index (χ0v) is 15.4. The van der Waals surface area contributed by atoms with Crippen LogP contribution in [0.2, 0.25) is 0 Å². The Hall–Kier alpha value is -2.34. The predicted molar refractivity (Wildman–Crippen MR) is 98.4 cm³/mol. The maximum Gasteiger partial charge on any atom is 0.315 e. The van der Waals surface area contributed by atoms with Gasteiger partial charge in [-0.2, -0.15) is 5.10 Å². The standard InChI is InChI=1S/C19H28N4O2/c1-13(12-18(24)16-8-6-5-7-9-16)21-19(25)20-11-10-17-14(2)22-23(4)15(17)3/h5-9,13,18,24H,10-12H2,1-4H3,(H2,20,21,25). The van der Waals surface area contributed by atoms with E-state index in [1.807, 2.05) is 62.8 Å². The number of carbonyl (C=O) groups is 1. The fourth-order valence-electron chi connectivity index (χ4n) is 2.96. The Labute approximate surface area is 149 Å². The molecular weight excluding hydrogens is 316 g/mol. The average Bonchev–Trinajstić information content (AvgIpc) is 2.81.